The molecule has 0 radical (unpaired) electrons. The summed E-state index contributed by atoms with van der Waals surface area (Å²) < 4.78 is 13.1. The molecule has 5 heterocycles. The Morgan fingerprint density at radius 2 is 1.48 bits per heavy atom. The summed E-state index contributed by atoms with van der Waals surface area (Å²) in [5.41, 5.74) is 8.15. The highest BCUT2D eigenvalue weighted by molar-refractivity contribution is 6.05. The Kier molecular flexibility index (Phi) is 9.62. The molecule has 7 aliphatic rings. The Balaban J connectivity index is 0.682. The molecule has 316 valence electrons. The molecule has 11 rings (SSSR count). The largest absolute Gasteiger partial charge is 0.508 e. The molecule has 4 aromatic carbocycles. The second-order valence-corrected chi connectivity index (χ2v) is 19.2. The third-order valence-electron chi connectivity index (χ3n) is 15.9. The number of hydrogen-bond donors (Lipinski definition) is 2. The summed E-state index contributed by atoms with van der Waals surface area (Å²) in [6, 6.07) is 30.1. The number of nitrogens with zero attached hydrogens (tertiary/aromatic N) is 3. The normalized spacial score (nSPS) is 26.0. The van der Waals surface area contributed by atoms with Gasteiger partial charge in [0, 0.05) is 75.2 Å². The van der Waals surface area contributed by atoms with Crippen LogP contribution in [-0.2, 0) is 22.6 Å². The predicted molar refractivity (Wildman–Crippen MR) is 232 cm³/mol. The number of imide groups is 1. The van der Waals surface area contributed by atoms with Gasteiger partial charge in [-0.05, 0) is 133 Å². The molecule has 0 aromatic heterocycles. The number of piperidine rings is 3. The third-order valence-corrected chi connectivity index (χ3v) is 15.9. The van der Waals surface area contributed by atoms with Gasteiger partial charge < -0.3 is 29.3 Å². The number of nitrogens with one attached hydrogen (secondary N) is 1. The highest BCUT2D eigenvalue weighted by Crippen LogP contribution is 2.50. The van der Waals surface area contributed by atoms with E-state index in [4.69, 9.17) is 9.47 Å². The fourth-order valence-electron chi connectivity index (χ4n) is 12.3. The molecule has 3 saturated heterocycles. The van der Waals surface area contributed by atoms with Crippen molar-refractivity contribution in [2.24, 2.45) is 5.41 Å². The maximum atomic E-state index is 13.4. The van der Waals surface area contributed by atoms with Crippen molar-refractivity contribution in [2.75, 3.05) is 37.7 Å². The molecule has 2 spiro atoms. The fraction of sp³-hybridized carbons (Fsp3) is 0.471. The molecular weight excluding hydrogens is 765 g/mol. The molecular formula is C51H56N4O6. The highest BCUT2D eigenvalue weighted by Gasteiger charge is 2.46. The molecule has 61 heavy (non-hydrogen) atoms. The van der Waals surface area contributed by atoms with Crippen molar-refractivity contribution < 1.29 is 29.0 Å². The van der Waals surface area contributed by atoms with Crippen LogP contribution in [0, 0.1) is 5.41 Å². The summed E-state index contributed by atoms with van der Waals surface area (Å²) in [4.78, 5) is 44.5. The van der Waals surface area contributed by atoms with Crippen LogP contribution in [0.1, 0.15) is 121 Å². The zero-order valence-corrected chi connectivity index (χ0v) is 35.0. The van der Waals surface area contributed by atoms with Crippen molar-refractivity contribution in [1.29, 1.82) is 0 Å². The van der Waals surface area contributed by atoms with Gasteiger partial charge in [-0.25, -0.2) is 0 Å². The van der Waals surface area contributed by atoms with Crippen LogP contribution in [0.3, 0.4) is 0 Å². The van der Waals surface area contributed by atoms with Gasteiger partial charge in [-0.3, -0.25) is 19.7 Å². The van der Waals surface area contributed by atoms with E-state index in [2.05, 4.69) is 75.8 Å². The third kappa shape index (κ3) is 7.04. The van der Waals surface area contributed by atoms with E-state index in [9.17, 15) is 19.5 Å². The standard InChI is InChI=1S/C51H56N4O6/c56-39-11-13-41-35(28-39)8-12-40(33-4-2-1-3-5-33)47(41)34-6-9-37(10-7-34)53-24-20-50(21-25-53)18-16-38(17-19-50)54-26-22-51(23-27-54)32-60-44-30-42-36(29-45(44)61-51)31-55(49(42)59)43-14-15-46(57)52-48(43)58/h1-7,9-11,13,28-30,38,40,43,47,56H,8,12,14-27,31-32H2,(H,52,57,58)/t40-,43?,47+/m1/s1. The van der Waals surface area contributed by atoms with E-state index >= 15 is 0 Å². The SMILES string of the molecule is O=C1CCC(N2Cc3cc4c(cc3C2=O)OCC2(CCN(C3CCC5(CC3)CCN(c3ccc([C@@H]6c7ccc(O)cc7CC[C@@H]6c6ccccc6)cc3)CC5)CC2)O4)C(=O)N1. The molecule has 2 aliphatic carbocycles. The average Bonchev–Trinajstić information content (AvgIpc) is 3.60. The molecule has 3 atom stereocenters. The van der Waals surface area contributed by atoms with E-state index in [1.807, 2.05) is 18.2 Å². The number of fused-ring (bicyclic) bond motifs is 3. The second-order valence-electron chi connectivity index (χ2n) is 19.2. The summed E-state index contributed by atoms with van der Waals surface area (Å²) in [5.74, 6) is 1.42. The number of ether oxygens (including phenoxy) is 2. The Morgan fingerprint density at radius 1 is 0.705 bits per heavy atom. The van der Waals surface area contributed by atoms with Gasteiger partial charge in [0.1, 0.15) is 24.0 Å². The minimum absolute atomic E-state index is 0.197. The maximum absolute atomic E-state index is 13.4. The number of phenols is 1. The molecule has 4 aromatic rings. The number of benzene rings is 4. The minimum atomic E-state index is -0.642. The zero-order chi connectivity index (χ0) is 41.3. The number of aromatic hydroxyl groups is 1. The fourth-order valence-corrected chi connectivity index (χ4v) is 12.3. The number of rotatable bonds is 5. The van der Waals surface area contributed by atoms with Gasteiger partial charge in [0.2, 0.25) is 11.8 Å². The number of likely N-dealkylation sites (tertiary alicyclic amines) is 1. The van der Waals surface area contributed by atoms with Crippen molar-refractivity contribution in [2.45, 2.75) is 113 Å². The van der Waals surface area contributed by atoms with Crippen LogP contribution in [0.15, 0.2) is 84.9 Å². The predicted octanol–water partition coefficient (Wildman–Crippen LogP) is 7.85. The molecule has 1 unspecified atom stereocenters. The van der Waals surface area contributed by atoms with Crippen LogP contribution in [0.2, 0.25) is 0 Å². The van der Waals surface area contributed by atoms with E-state index in [0.717, 1.165) is 57.4 Å². The van der Waals surface area contributed by atoms with Gasteiger partial charge in [-0.15, -0.1) is 0 Å². The summed E-state index contributed by atoms with van der Waals surface area (Å²) >= 11 is 0. The lowest BCUT2D eigenvalue weighted by atomic mass is 9.66. The summed E-state index contributed by atoms with van der Waals surface area (Å²) in [7, 11) is 0. The van der Waals surface area contributed by atoms with Gasteiger partial charge in [0.05, 0.1) is 0 Å². The molecule has 3 amide bonds. The monoisotopic (exact) mass is 820 g/mol. The van der Waals surface area contributed by atoms with Gasteiger partial charge in [-0.1, -0.05) is 48.5 Å². The first-order valence-electron chi connectivity index (χ1n) is 22.8. The van der Waals surface area contributed by atoms with Crippen LogP contribution < -0.4 is 19.7 Å². The highest BCUT2D eigenvalue weighted by atomic mass is 16.6. The number of carbonyl (C=O) groups excluding carboxylic acids is 3. The van der Waals surface area contributed by atoms with Gasteiger partial charge in [0.15, 0.2) is 11.5 Å². The summed E-state index contributed by atoms with van der Waals surface area (Å²) in [5, 5.41) is 12.7. The first-order chi connectivity index (χ1) is 29.7. The van der Waals surface area contributed by atoms with E-state index in [0.29, 0.717) is 59.8 Å². The van der Waals surface area contributed by atoms with E-state index in [-0.39, 0.29) is 29.8 Å². The number of hydrogen-bond acceptors (Lipinski definition) is 8. The molecule has 0 bridgehead atoms. The smallest absolute Gasteiger partial charge is 0.255 e. The summed E-state index contributed by atoms with van der Waals surface area (Å²) in [6.07, 6.45) is 12.1. The summed E-state index contributed by atoms with van der Waals surface area (Å²) in [6.45, 7) is 5.01. The number of aryl methyl sites for hydroxylation is 1. The molecule has 10 nitrogen and oxygen atoms in total. The maximum Gasteiger partial charge on any atom is 0.255 e. The molecule has 1 saturated carbocycles. The van der Waals surface area contributed by atoms with Crippen LogP contribution in [0.5, 0.6) is 17.2 Å². The van der Waals surface area contributed by atoms with Crippen LogP contribution >= 0.6 is 0 Å². The van der Waals surface area contributed by atoms with Crippen molar-refractivity contribution in [3.05, 3.63) is 118 Å². The van der Waals surface area contributed by atoms with Gasteiger partial charge in [-0.2, -0.15) is 0 Å². The Bertz CT molecular complexity index is 2340. The van der Waals surface area contributed by atoms with Crippen LogP contribution in [0.25, 0.3) is 0 Å². The topological polar surface area (TPSA) is 112 Å². The number of carbonyl (C=O) groups is 3. The Hall–Kier alpha value is -5.35. The van der Waals surface area contributed by atoms with Crippen LogP contribution in [0.4, 0.5) is 5.69 Å². The van der Waals surface area contributed by atoms with Crippen molar-refractivity contribution >= 4 is 23.4 Å². The molecule has 4 fully saturated rings. The van der Waals surface area contributed by atoms with Crippen molar-refractivity contribution in [3.8, 4) is 17.2 Å². The number of amides is 3. The average molecular weight is 821 g/mol. The number of anilines is 1. The molecule has 10 heteroatoms. The second kappa shape index (κ2) is 15.2. The Labute approximate surface area is 358 Å². The lowest BCUT2D eigenvalue weighted by Crippen LogP contribution is -2.55. The van der Waals surface area contributed by atoms with Crippen LogP contribution in [-0.4, -0.2) is 83.1 Å². The first-order valence-corrected chi connectivity index (χ1v) is 22.8. The minimum Gasteiger partial charge on any atom is -0.508 e. The van der Waals surface area contributed by atoms with E-state index in [1.54, 1.807) is 11.0 Å². The lowest BCUT2D eigenvalue weighted by Gasteiger charge is -2.50. The van der Waals surface area contributed by atoms with Crippen molar-refractivity contribution in [1.82, 2.24) is 15.1 Å². The van der Waals surface area contributed by atoms with E-state index in [1.165, 1.54) is 66.5 Å². The van der Waals surface area contributed by atoms with E-state index < -0.39 is 11.9 Å². The molecule has 5 aliphatic heterocycles. The van der Waals surface area contributed by atoms with Crippen molar-refractivity contribution in [3.63, 3.8) is 0 Å². The Morgan fingerprint density at radius 3 is 2.23 bits per heavy atom. The number of phenolic OH excluding ortho intramolecular Hbond substituents is 1. The zero-order valence-electron chi connectivity index (χ0n) is 35.0. The van der Waals surface area contributed by atoms with Gasteiger partial charge in [0.25, 0.3) is 5.91 Å². The quantitative estimate of drug-likeness (QED) is 0.196. The molecule has 2 N–H and O–H groups in total. The lowest BCUT2D eigenvalue weighted by molar-refractivity contribution is -0.136. The van der Waals surface area contributed by atoms with Gasteiger partial charge >= 0.3 is 0 Å². The first kappa shape index (κ1) is 38.6.